The summed E-state index contributed by atoms with van der Waals surface area (Å²) in [4.78, 5) is 5.93. The number of hydrogen-bond acceptors (Lipinski definition) is 3. The molecule has 1 saturated heterocycles. The van der Waals surface area contributed by atoms with Crippen LogP contribution in [0.5, 0.6) is 0 Å². The van der Waals surface area contributed by atoms with Crippen LogP contribution in [0.1, 0.15) is 24.9 Å². The molecule has 1 aliphatic rings. The Hall–Kier alpha value is -1.36. The molecule has 0 aliphatic carbocycles. The molecule has 23 heavy (non-hydrogen) atoms. The van der Waals surface area contributed by atoms with Gasteiger partial charge in [-0.15, -0.1) is 0 Å². The summed E-state index contributed by atoms with van der Waals surface area (Å²) >= 11 is 12.2. The maximum absolute atomic E-state index is 12.9. The molecular weight excluding hydrogens is 336 g/mol. The van der Waals surface area contributed by atoms with Crippen LogP contribution in [0.15, 0.2) is 36.5 Å². The van der Waals surface area contributed by atoms with Crippen molar-refractivity contribution in [3.05, 3.63) is 58.1 Å². The van der Waals surface area contributed by atoms with Crippen LogP contribution in [0.3, 0.4) is 0 Å². The van der Waals surface area contributed by atoms with E-state index < -0.39 is 5.95 Å². The molecule has 0 bridgehead atoms. The molecule has 122 valence electrons. The second-order valence-electron chi connectivity index (χ2n) is 5.82. The monoisotopic (exact) mass is 353 g/mol. The van der Waals surface area contributed by atoms with Crippen molar-refractivity contribution in [3.63, 3.8) is 0 Å². The Morgan fingerprint density at radius 3 is 2.83 bits per heavy atom. The van der Waals surface area contributed by atoms with E-state index in [-0.39, 0.29) is 6.04 Å². The molecule has 0 radical (unpaired) electrons. The summed E-state index contributed by atoms with van der Waals surface area (Å²) < 4.78 is 12.9. The van der Waals surface area contributed by atoms with E-state index in [1.54, 1.807) is 18.3 Å². The van der Waals surface area contributed by atoms with E-state index in [1.807, 2.05) is 12.1 Å². The van der Waals surface area contributed by atoms with Crippen molar-refractivity contribution in [2.75, 3.05) is 18.0 Å². The predicted octanol–water partition coefficient (Wildman–Crippen LogP) is 4.46. The average molecular weight is 354 g/mol. The molecular formula is C17H18Cl2FN3. The molecule has 2 aromatic rings. The number of aromatic nitrogens is 1. The lowest BCUT2D eigenvalue weighted by Gasteiger charge is -2.22. The van der Waals surface area contributed by atoms with Crippen molar-refractivity contribution in [2.45, 2.75) is 25.4 Å². The van der Waals surface area contributed by atoms with E-state index in [4.69, 9.17) is 23.2 Å². The molecule has 2 heterocycles. The van der Waals surface area contributed by atoms with Gasteiger partial charge in [0, 0.05) is 35.2 Å². The highest BCUT2D eigenvalue weighted by molar-refractivity contribution is 6.35. The second kappa shape index (κ2) is 7.04. The third-order valence-corrected chi connectivity index (χ3v) is 4.74. The summed E-state index contributed by atoms with van der Waals surface area (Å²) in [6, 6.07) is 9.22. The maximum atomic E-state index is 12.9. The number of hydrogen-bond donors (Lipinski definition) is 1. The highest BCUT2D eigenvalue weighted by Gasteiger charge is 2.25. The third-order valence-electron chi connectivity index (χ3n) is 4.18. The largest absolute Gasteiger partial charge is 0.369 e. The van der Waals surface area contributed by atoms with Crippen molar-refractivity contribution >= 4 is 28.9 Å². The first-order chi connectivity index (χ1) is 11.0. The van der Waals surface area contributed by atoms with Gasteiger partial charge in [0.1, 0.15) is 0 Å². The lowest BCUT2D eigenvalue weighted by atomic mass is 10.1. The molecule has 0 amide bonds. The van der Waals surface area contributed by atoms with Crippen LogP contribution in [0.4, 0.5) is 10.1 Å². The van der Waals surface area contributed by atoms with Gasteiger partial charge in [0.25, 0.3) is 0 Å². The van der Waals surface area contributed by atoms with E-state index in [9.17, 15) is 4.39 Å². The molecule has 3 rings (SSSR count). The van der Waals surface area contributed by atoms with Crippen LogP contribution in [-0.2, 0) is 0 Å². The number of nitrogens with zero attached hydrogens (tertiary/aromatic N) is 2. The SMILES string of the molecule is C[C@H](NC1CCN(c2ccc(F)nc2)C1)c1ccc(Cl)cc1Cl. The summed E-state index contributed by atoms with van der Waals surface area (Å²) in [5, 5.41) is 4.92. The first-order valence-corrected chi connectivity index (χ1v) is 8.36. The molecule has 1 fully saturated rings. The number of halogens is 3. The number of rotatable bonds is 4. The molecule has 1 aromatic carbocycles. The van der Waals surface area contributed by atoms with E-state index in [2.05, 4.69) is 22.1 Å². The number of nitrogens with one attached hydrogen (secondary N) is 1. The summed E-state index contributed by atoms with van der Waals surface area (Å²) in [5.74, 6) is -0.450. The van der Waals surface area contributed by atoms with Crippen molar-refractivity contribution in [1.82, 2.24) is 10.3 Å². The van der Waals surface area contributed by atoms with Crippen LogP contribution in [0.2, 0.25) is 10.0 Å². The van der Waals surface area contributed by atoms with Crippen LogP contribution in [-0.4, -0.2) is 24.1 Å². The Kier molecular flexibility index (Phi) is 5.05. The van der Waals surface area contributed by atoms with Gasteiger partial charge in [-0.2, -0.15) is 4.39 Å². The highest BCUT2D eigenvalue weighted by Crippen LogP contribution is 2.27. The second-order valence-corrected chi connectivity index (χ2v) is 6.67. The van der Waals surface area contributed by atoms with Crippen molar-refractivity contribution < 1.29 is 4.39 Å². The summed E-state index contributed by atoms with van der Waals surface area (Å²) in [5.41, 5.74) is 1.99. The Morgan fingerprint density at radius 1 is 1.30 bits per heavy atom. The standard InChI is InChI=1S/C17H18Cl2FN3/c1-11(15-4-2-12(18)8-16(15)19)22-13-6-7-23(10-13)14-3-5-17(20)21-9-14/h2-5,8-9,11,13,22H,6-7,10H2,1H3/t11-,13?/m0/s1. The topological polar surface area (TPSA) is 28.2 Å². The summed E-state index contributed by atoms with van der Waals surface area (Å²) in [6.07, 6.45) is 2.60. The fraction of sp³-hybridized carbons (Fsp3) is 0.353. The van der Waals surface area contributed by atoms with Gasteiger partial charge >= 0.3 is 0 Å². The van der Waals surface area contributed by atoms with Gasteiger partial charge in [-0.1, -0.05) is 29.3 Å². The lowest BCUT2D eigenvalue weighted by Crippen LogP contribution is -2.34. The van der Waals surface area contributed by atoms with Gasteiger partial charge in [-0.3, -0.25) is 0 Å². The maximum Gasteiger partial charge on any atom is 0.212 e. The predicted molar refractivity (Wildman–Crippen MR) is 92.8 cm³/mol. The van der Waals surface area contributed by atoms with Crippen molar-refractivity contribution in [3.8, 4) is 0 Å². The summed E-state index contributed by atoms with van der Waals surface area (Å²) in [6.45, 7) is 3.88. The smallest absolute Gasteiger partial charge is 0.212 e. The van der Waals surface area contributed by atoms with Gasteiger partial charge in [0.05, 0.1) is 11.9 Å². The zero-order valence-electron chi connectivity index (χ0n) is 12.8. The highest BCUT2D eigenvalue weighted by atomic mass is 35.5. The zero-order valence-corrected chi connectivity index (χ0v) is 14.3. The zero-order chi connectivity index (χ0) is 16.4. The molecule has 1 aromatic heterocycles. The first-order valence-electron chi connectivity index (χ1n) is 7.60. The minimum Gasteiger partial charge on any atom is -0.369 e. The molecule has 6 heteroatoms. The van der Waals surface area contributed by atoms with Gasteiger partial charge in [-0.05, 0) is 43.2 Å². The fourth-order valence-corrected chi connectivity index (χ4v) is 3.55. The van der Waals surface area contributed by atoms with E-state index in [0.717, 1.165) is 30.8 Å². The molecule has 1 aliphatic heterocycles. The normalized spacial score (nSPS) is 19.1. The molecule has 0 spiro atoms. The van der Waals surface area contributed by atoms with Gasteiger partial charge in [0.15, 0.2) is 0 Å². The van der Waals surface area contributed by atoms with Crippen LogP contribution in [0, 0.1) is 5.95 Å². The van der Waals surface area contributed by atoms with Crippen molar-refractivity contribution in [1.29, 1.82) is 0 Å². The molecule has 0 saturated carbocycles. The van der Waals surface area contributed by atoms with E-state index in [1.165, 1.54) is 6.07 Å². The minimum absolute atomic E-state index is 0.135. The van der Waals surface area contributed by atoms with Crippen LogP contribution in [0.25, 0.3) is 0 Å². The van der Waals surface area contributed by atoms with Gasteiger partial charge < -0.3 is 10.2 Å². The average Bonchev–Trinajstić information content (AvgIpc) is 2.96. The van der Waals surface area contributed by atoms with Crippen molar-refractivity contribution in [2.24, 2.45) is 0 Å². The van der Waals surface area contributed by atoms with E-state index in [0.29, 0.717) is 16.1 Å². The number of pyridine rings is 1. The first kappa shape index (κ1) is 16.5. The minimum atomic E-state index is -0.450. The molecule has 3 nitrogen and oxygen atoms in total. The molecule has 2 atom stereocenters. The third kappa shape index (κ3) is 3.94. The molecule has 1 N–H and O–H groups in total. The quantitative estimate of drug-likeness (QED) is 0.822. The van der Waals surface area contributed by atoms with Gasteiger partial charge in [-0.25, -0.2) is 4.98 Å². The Balaban J connectivity index is 1.62. The lowest BCUT2D eigenvalue weighted by molar-refractivity contribution is 0.481. The number of benzene rings is 1. The summed E-state index contributed by atoms with van der Waals surface area (Å²) in [7, 11) is 0. The van der Waals surface area contributed by atoms with Gasteiger partial charge in [0.2, 0.25) is 5.95 Å². The van der Waals surface area contributed by atoms with Crippen LogP contribution >= 0.6 is 23.2 Å². The fourth-order valence-electron chi connectivity index (χ4n) is 2.98. The van der Waals surface area contributed by atoms with E-state index >= 15 is 0 Å². The molecule has 1 unspecified atom stereocenters. The number of anilines is 1. The Bertz CT molecular complexity index is 678. The van der Waals surface area contributed by atoms with Crippen LogP contribution < -0.4 is 10.2 Å². The Labute approximate surface area is 145 Å². The Morgan fingerprint density at radius 2 is 2.13 bits per heavy atom.